The van der Waals surface area contributed by atoms with Gasteiger partial charge in [-0.2, -0.15) is 0 Å². The number of methoxy groups -OCH3 is 1. The summed E-state index contributed by atoms with van der Waals surface area (Å²) in [6.45, 7) is 5.52. The summed E-state index contributed by atoms with van der Waals surface area (Å²) in [6.07, 6.45) is 3.37. The second-order valence-electron chi connectivity index (χ2n) is 9.06. The molecule has 186 valence electrons. The Hall–Kier alpha value is -3.32. The van der Waals surface area contributed by atoms with Gasteiger partial charge in [0.1, 0.15) is 23.4 Å². The monoisotopic (exact) mass is 479 g/mol. The molecule has 0 unspecified atom stereocenters. The molecule has 2 aromatic rings. The number of aliphatic hydroxyl groups excluding tert-OH is 1. The molecule has 2 aliphatic rings. The van der Waals surface area contributed by atoms with E-state index in [1.165, 1.54) is 4.90 Å². The van der Waals surface area contributed by atoms with E-state index < -0.39 is 17.7 Å². The summed E-state index contributed by atoms with van der Waals surface area (Å²) in [5.41, 5.74) is 2.31. The van der Waals surface area contributed by atoms with Gasteiger partial charge in [0.15, 0.2) is 0 Å². The Balaban J connectivity index is 1.72. The molecule has 0 aromatic heterocycles. The smallest absolute Gasteiger partial charge is 0.295 e. The van der Waals surface area contributed by atoms with Crippen LogP contribution in [0, 0.1) is 0 Å². The van der Waals surface area contributed by atoms with Gasteiger partial charge >= 0.3 is 0 Å². The molecule has 0 saturated carbocycles. The van der Waals surface area contributed by atoms with Crippen molar-refractivity contribution in [3.05, 3.63) is 64.7 Å². The normalized spacial score (nSPS) is 20.7. The number of unbranched alkanes of at least 4 members (excludes halogenated alkanes) is 1. The lowest BCUT2D eigenvalue weighted by molar-refractivity contribution is -0.140. The molecule has 7 nitrogen and oxygen atoms in total. The zero-order valence-electron chi connectivity index (χ0n) is 20.6. The number of aliphatic hydroxyl groups is 1. The Morgan fingerprint density at radius 1 is 1.11 bits per heavy atom. The van der Waals surface area contributed by atoms with Crippen LogP contribution in [0.1, 0.15) is 55.8 Å². The summed E-state index contributed by atoms with van der Waals surface area (Å²) in [5, 5.41) is 11.3. The number of ketones is 1. The van der Waals surface area contributed by atoms with E-state index in [0.29, 0.717) is 31.7 Å². The van der Waals surface area contributed by atoms with Crippen molar-refractivity contribution in [2.75, 3.05) is 26.9 Å². The van der Waals surface area contributed by atoms with Gasteiger partial charge in [-0.05, 0) is 61.2 Å². The zero-order valence-corrected chi connectivity index (χ0v) is 20.6. The molecular weight excluding hydrogens is 446 g/mol. The van der Waals surface area contributed by atoms with E-state index in [1.54, 1.807) is 19.2 Å². The maximum absolute atomic E-state index is 13.2. The molecule has 35 heavy (non-hydrogen) atoms. The van der Waals surface area contributed by atoms with Gasteiger partial charge in [0.2, 0.25) is 0 Å². The molecule has 0 spiro atoms. The maximum Gasteiger partial charge on any atom is 0.295 e. The maximum atomic E-state index is 13.2. The molecule has 2 aliphatic heterocycles. The highest BCUT2D eigenvalue weighted by molar-refractivity contribution is 6.46. The highest BCUT2D eigenvalue weighted by Gasteiger charge is 2.45. The van der Waals surface area contributed by atoms with Crippen LogP contribution in [-0.2, 0) is 20.7 Å². The summed E-state index contributed by atoms with van der Waals surface area (Å²) >= 11 is 0. The van der Waals surface area contributed by atoms with Gasteiger partial charge in [0.05, 0.1) is 18.2 Å². The molecule has 1 fully saturated rings. The standard InChI is InChI=1S/C28H33NO6/c1-4-5-15-34-22-10-7-19(8-11-22)25-24(27(31)28(32)29(25)13-6-14-33-3)26(30)20-9-12-23-21(17-20)16-18(2)35-23/h7-12,17-18,25,30H,4-6,13-16H2,1-3H3/t18-,25+/m1/s1. The number of rotatable bonds is 10. The van der Waals surface area contributed by atoms with Gasteiger partial charge in [0, 0.05) is 32.2 Å². The molecular formula is C28H33NO6. The van der Waals surface area contributed by atoms with E-state index >= 15 is 0 Å². The van der Waals surface area contributed by atoms with Crippen LogP contribution in [0.3, 0.4) is 0 Å². The van der Waals surface area contributed by atoms with Crippen LogP contribution in [0.25, 0.3) is 5.76 Å². The molecule has 0 radical (unpaired) electrons. The fourth-order valence-corrected chi connectivity index (χ4v) is 4.64. The van der Waals surface area contributed by atoms with E-state index in [9.17, 15) is 14.7 Å². The number of ether oxygens (including phenoxy) is 3. The number of nitrogens with zero attached hydrogens (tertiary/aromatic N) is 1. The zero-order chi connectivity index (χ0) is 24.9. The number of Topliss-reactive ketones (excluding diaryl/α,β-unsaturated/α-hetero) is 1. The molecule has 2 heterocycles. The third-order valence-electron chi connectivity index (χ3n) is 6.42. The molecule has 1 saturated heterocycles. The highest BCUT2D eigenvalue weighted by atomic mass is 16.5. The molecule has 0 bridgehead atoms. The molecule has 4 rings (SSSR count). The quantitative estimate of drug-likeness (QED) is 0.231. The van der Waals surface area contributed by atoms with Gasteiger partial charge in [0.25, 0.3) is 11.7 Å². The van der Waals surface area contributed by atoms with Crippen LogP contribution in [0.5, 0.6) is 11.5 Å². The summed E-state index contributed by atoms with van der Waals surface area (Å²) in [4.78, 5) is 27.8. The van der Waals surface area contributed by atoms with Gasteiger partial charge in [-0.25, -0.2) is 0 Å². The SMILES string of the molecule is CCCCOc1ccc([C@H]2C(=C(O)c3ccc4c(c3)C[C@@H](C)O4)C(=O)C(=O)N2CCCOC)cc1. The van der Waals surface area contributed by atoms with Gasteiger partial charge < -0.3 is 24.2 Å². The first kappa shape index (κ1) is 24.8. The van der Waals surface area contributed by atoms with Crippen molar-refractivity contribution in [1.29, 1.82) is 0 Å². The fraction of sp³-hybridized carbons (Fsp3) is 0.429. The van der Waals surface area contributed by atoms with Crippen molar-refractivity contribution < 1.29 is 28.9 Å². The first-order valence-corrected chi connectivity index (χ1v) is 12.2. The summed E-state index contributed by atoms with van der Waals surface area (Å²) in [6, 6.07) is 12.1. The fourth-order valence-electron chi connectivity index (χ4n) is 4.64. The van der Waals surface area contributed by atoms with Crippen LogP contribution in [0.4, 0.5) is 0 Å². The number of carbonyl (C=O) groups is 2. The average molecular weight is 480 g/mol. The number of benzene rings is 2. The first-order chi connectivity index (χ1) is 16.9. The average Bonchev–Trinajstić information content (AvgIpc) is 3.35. The molecule has 0 aliphatic carbocycles. The van der Waals surface area contributed by atoms with Crippen molar-refractivity contribution in [3.63, 3.8) is 0 Å². The lowest BCUT2D eigenvalue weighted by Crippen LogP contribution is -2.31. The van der Waals surface area contributed by atoms with E-state index in [4.69, 9.17) is 14.2 Å². The summed E-state index contributed by atoms with van der Waals surface area (Å²) < 4.78 is 16.7. The number of fused-ring (bicyclic) bond motifs is 1. The van der Waals surface area contributed by atoms with Crippen molar-refractivity contribution in [2.45, 2.75) is 51.7 Å². The summed E-state index contributed by atoms with van der Waals surface area (Å²) in [7, 11) is 1.60. The number of hydrogen-bond donors (Lipinski definition) is 1. The second-order valence-corrected chi connectivity index (χ2v) is 9.06. The van der Waals surface area contributed by atoms with Gasteiger partial charge in [-0.1, -0.05) is 25.5 Å². The van der Waals surface area contributed by atoms with Crippen molar-refractivity contribution >= 4 is 17.4 Å². The lowest BCUT2D eigenvalue weighted by atomic mass is 9.94. The third-order valence-corrected chi connectivity index (χ3v) is 6.42. The Bertz CT molecular complexity index is 1110. The topological polar surface area (TPSA) is 85.3 Å². The Morgan fingerprint density at radius 2 is 1.89 bits per heavy atom. The van der Waals surface area contributed by atoms with Gasteiger partial charge in [-0.3, -0.25) is 9.59 Å². The van der Waals surface area contributed by atoms with Crippen molar-refractivity contribution in [3.8, 4) is 11.5 Å². The van der Waals surface area contributed by atoms with Gasteiger partial charge in [-0.15, -0.1) is 0 Å². The summed E-state index contributed by atoms with van der Waals surface area (Å²) in [5.74, 6) is 0.0381. The van der Waals surface area contributed by atoms with Crippen molar-refractivity contribution in [1.82, 2.24) is 4.90 Å². The van der Waals surface area contributed by atoms with E-state index in [0.717, 1.165) is 41.9 Å². The predicted molar refractivity (Wildman–Crippen MR) is 133 cm³/mol. The Morgan fingerprint density at radius 3 is 2.60 bits per heavy atom. The predicted octanol–water partition coefficient (Wildman–Crippen LogP) is 4.65. The van der Waals surface area contributed by atoms with E-state index in [-0.39, 0.29) is 17.4 Å². The van der Waals surface area contributed by atoms with Crippen LogP contribution in [0.2, 0.25) is 0 Å². The first-order valence-electron chi connectivity index (χ1n) is 12.2. The van der Waals surface area contributed by atoms with Crippen LogP contribution in [0.15, 0.2) is 48.0 Å². The molecule has 7 heteroatoms. The Kier molecular flexibility index (Phi) is 7.76. The van der Waals surface area contributed by atoms with Crippen LogP contribution >= 0.6 is 0 Å². The second kappa shape index (κ2) is 11.0. The minimum absolute atomic E-state index is 0.0619. The molecule has 2 atom stereocenters. The largest absolute Gasteiger partial charge is 0.507 e. The lowest BCUT2D eigenvalue weighted by Gasteiger charge is -2.25. The highest BCUT2D eigenvalue weighted by Crippen LogP contribution is 2.41. The number of hydrogen-bond acceptors (Lipinski definition) is 6. The molecule has 1 amide bonds. The van der Waals surface area contributed by atoms with Crippen LogP contribution < -0.4 is 9.47 Å². The van der Waals surface area contributed by atoms with Crippen LogP contribution in [-0.4, -0.2) is 54.7 Å². The minimum atomic E-state index is -0.694. The number of likely N-dealkylation sites (tertiary alicyclic amines) is 1. The van der Waals surface area contributed by atoms with Crippen molar-refractivity contribution in [2.24, 2.45) is 0 Å². The Labute approximate surface area is 206 Å². The van der Waals surface area contributed by atoms with E-state index in [1.807, 2.05) is 37.3 Å². The molecule has 2 aromatic carbocycles. The number of amides is 1. The number of carbonyl (C=O) groups excluding carboxylic acids is 2. The molecule has 1 N–H and O–H groups in total. The minimum Gasteiger partial charge on any atom is -0.507 e. The third kappa shape index (κ3) is 5.20. The van der Waals surface area contributed by atoms with E-state index in [2.05, 4.69) is 6.92 Å².